The van der Waals surface area contributed by atoms with E-state index >= 15 is 0 Å². The van der Waals surface area contributed by atoms with Crippen molar-refractivity contribution in [3.8, 4) is 0 Å². The van der Waals surface area contributed by atoms with Crippen LogP contribution in [0.15, 0.2) is 17.5 Å². The lowest BCUT2D eigenvalue weighted by Gasteiger charge is -2.35. The summed E-state index contributed by atoms with van der Waals surface area (Å²) in [4.78, 5) is 15.4. The van der Waals surface area contributed by atoms with Gasteiger partial charge in [-0.2, -0.15) is 0 Å². The number of anilines is 1. The number of hydrogen-bond acceptors (Lipinski definition) is 7. The lowest BCUT2D eigenvalue weighted by molar-refractivity contribution is 0.229. The van der Waals surface area contributed by atoms with E-state index in [2.05, 4.69) is 43.9 Å². The van der Waals surface area contributed by atoms with Gasteiger partial charge >= 0.3 is 0 Å². The second-order valence-electron chi connectivity index (χ2n) is 5.38. The van der Waals surface area contributed by atoms with E-state index in [1.165, 1.54) is 6.20 Å². The van der Waals surface area contributed by atoms with Crippen LogP contribution in [0.1, 0.15) is 5.69 Å². The first-order valence-corrected chi connectivity index (χ1v) is 7.02. The lowest BCUT2D eigenvalue weighted by Crippen LogP contribution is -2.48. The average molecular weight is 293 g/mol. The topological polar surface area (TPSA) is 94.1 Å². The molecule has 0 atom stereocenters. The van der Waals surface area contributed by atoms with Crippen molar-refractivity contribution < 1.29 is 5.21 Å². The largest absolute Gasteiger partial charge is 0.409 e. The molecule has 3 N–H and O–H groups in total. The molecule has 1 fully saturated rings. The molecule has 0 bridgehead atoms. The zero-order valence-electron chi connectivity index (χ0n) is 12.6. The summed E-state index contributed by atoms with van der Waals surface area (Å²) in [5.41, 5.74) is 5.85. The summed E-state index contributed by atoms with van der Waals surface area (Å²) in [5.74, 6) is 0.805. The molecule has 0 amide bonds. The molecule has 0 saturated carbocycles. The SMILES string of the molecule is CN(C)CCN1CCN(c2cnc(C(N)=NO)cn2)CC1. The van der Waals surface area contributed by atoms with Crippen LogP contribution < -0.4 is 10.6 Å². The number of likely N-dealkylation sites (N-methyl/N-ethyl adjacent to an activating group) is 1. The molecule has 0 aromatic carbocycles. The van der Waals surface area contributed by atoms with Crippen molar-refractivity contribution in [2.75, 3.05) is 58.3 Å². The average Bonchev–Trinajstić information content (AvgIpc) is 2.53. The number of hydrogen-bond donors (Lipinski definition) is 2. The number of oxime groups is 1. The Hall–Kier alpha value is -1.93. The zero-order chi connectivity index (χ0) is 15.2. The van der Waals surface area contributed by atoms with Crippen LogP contribution in [0.4, 0.5) is 5.82 Å². The van der Waals surface area contributed by atoms with Crippen LogP contribution in [0.5, 0.6) is 0 Å². The van der Waals surface area contributed by atoms with Crippen LogP contribution in [0.25, 0.3) is 0 Å². The van der Waals surface area contributed by atoms with E-state index in [0.717, 1.165) is 45.1 Å². The molecule has 1 aliphatic rings. The summed E-state index contributed by atoms with van der Waals surface area (Å²) in [6.07, 6.45) is 3.20. The van der Waals surface area contributed by atoms with E-state index in [1.54, 1.807) is 6.20 Å². The molecule has 0 radical (unpaired) electrons. The minimum atomic E-state index is -0.0254. The van der Waals surface area contributed by atoms with Gasteiger partial charge in [-0.15, -0.1) is 0 Å². The molecule has 21 heavy (non-hydrogen) atoms. The molecule has 0 unspecified atom stereocenters. The Bertz CT molecular complexity index is 466. The minimum absolute atomic E-state index is 0.0254. The Morgan fingerprint density at radius 2 is 2.00 bits per heavy atom. The van der Waals surface area contributed by atoms with Gasteiger partial charge in [-0.3, -0.25) is 4.90 Å². The molecular formula is C13H23N7O. The molecule has 1 aromatic rings. The van der Waals surface area contributed by atoms with Crippen LogP contribution in [-0.4, -0.2) is 84.2 Å². The molecule has 1 aliphatic heterocycles. The maximum Gasteiger partial charge on any atom is 0.190 e. The smallest absolute Gasteiger partial charge is 0.190 e. The van der Waals surface area contributed by atoms with Gasteiger partial charge in [0, 0.05) is 39.3 Å². The summed E-state index contributed by atoms with van der Waals surface area (Å²) in [6.45, 7) is 6.09. The summed E-state index contributed by atoms with van der Waals surface area (Å²) in [7, 11) is 4.18. The van der Waals surface area contributed by atoms with Gasteiger partial charge in [0.05, 0.1) is 12.4 Å². The fourth-order valence-corrected chi connectivity index (χ4v) is 2.21. The predicted octanol–water partition coefficient (Wildman–Crippen LogP) is -0.745. The van der Waals surface area contributed by atoms with E-state index in [4.69, 9.17) is 10.9 Å². The number of nitrogens with two attached hydrogens (primary N) is 1. The highest BCUT2D eigenvalue weighted by Gasteiger charge is 2.18. The van der Waals surface area contributed by atoms with E-state index in [-0.39, 0.29) is 5.84 Å². The zero-order valence-corrected chi connectivity index (χ0v) is 12.6. The van der Waals surface area contributed by atoms with Gasteiger partial charge in [0.2, 0.25) is 0 Å². The highest BCUT2D eigenvalue weighted by Crippen LogP contribution is 2.12. The normalized spacial score (nSPS) is 17.5. The van der Waals surface area contributed by atoms with Crippen molar-refractivity contribution in [3.63, 3.8) is 0 Å². The van der Waals surface area contributed by atoms with Gasteiger partial charge in [-0.05, 0) is 14.1 Å². The fraction of sp³-hybridized carbons (Fsp3) is 0.615. The lowest BCUT2D eigenvalue weighted by atomic mass is 10.3. The van der Waals surface area contributed by atoms with Crippen LogP contribution in [-0.2, 0) is 0 Å². The molecule has 0 spiro atoms. The number of aromatic nitrogens is 2. The number of rotatable bonds is 5. The Labute approximate surface area is 124 Å². The summed E-state index contributed by atoms with van der Waals surface area (Å²) in [6, 6.07) is 0. The molecule has 1 saturated heterocycles. The first-order valence-electron chi connectivity index (χ1n) is 7.02. The third-order valence-corrected chi connectivity index (χ3v) is 3.57. The molecular weight excluding hydrogens is 270 g/mol. The van der Waals surface area contributed by atoms with Crippen molar-refractivity contribution in [3.05, 3.63) is 18.1 Å². The van der Waals surface area contributed by atoms with E-state index in [0.29, 0.717) is 5.69 Å². The van der Waals surface area contributed by atoms with E-state index < -0.39 is 0 Å². The van der Waals surface area contributed by atoms with Crippen LogP contribution in [0.3, 0.4) is 0 Å². The summed E-state index contributed by atoms with van der Waals surface area (Å²) < 4.78 is 0. The third kappa shape index (κ3) is 4.27. The van der Waals surface area contributed by atoms with Gasteiger partial charge in [-0.25, -0.2) is 9.97 Å². The first-order chi connectivity index (χ1) is 10.1. The van der Waals surface area contributed by atoms with Crippen molar-refractivity contribution in [2.24, 2.45) is 10.9 Å². The van der Waals surface area contributed by atoms with E-state index in [9.17, 15) is 0 Å². The number of nitrogens with zero attached hydrogens (tertiary/aromatic N) is 6. The van der Waals surface area contributed by atoms with Gasteiger partial charge in [-0.1, -0.05) is 5.16 Å². The molecule has 2 rings (SSSR count). The molecule has 116 valence electrons. The highest BCUT2D eigenvalue weighted by atomic mass is 16.4. The van der Waals surface area contributed by atoms with Crippen LogP contribution in [0.2, 0.25) is 0 Å². The quantitative estimate of drug-likeness (QED) is 0.319. The number of amidine groups is 1. The fourth-order valence-electron chi connectivity index (χ4n) is 2.21. The standard InChI is InChI=1S/C13H23N7O/c1-18(2)3-4-19-5-7-20(8-6-19)12-10-15-11(9-16-12)13(14)17-21/h9-10,21H,3-8H2,1-2H3,(H2,14,17). The maximum atomic E-state index is 8.60. The van der Waals surface area contributed by atoms with Crippen LogP contribution >= 0.6 is 0 Å². The maximum absolute atomic E-state index is 8.60. The Morgan fingerprint density at radius 1 is 1.29 bits per heavy atom. The van der Waals surface area contributed by atoms with Crippen molar-refractivity contribution in [1.29, 1.82) is 0 Å². The van der Waals surface area contributed by atoms with Gasteiger partial charge in [0.15, 0.2) is 5.84 Å². The predicted molar refractivity (Wildman–Crippen MR) is 81.7 cm³/mol. The molecule has 1 aromatic heterocycles. The second-order valence-corrected chi connectivity index (χ2v) is 5.38. The number of piperazine rings is 1. The summed E-state index contributed by atoms with van der Waals surface area (Å²) >= 11 is 0. The van der Waals surface area contributed by atoms with Crippen LogP contribution in [0, 0.1) is 0 Å². The van der Waals surface area contributed by atoms with Gasteiger partial charge in [0.1, 0.15) is 11.5 Å². The van der Waals surface area contributed by atoms with Gasteiger partial charge < -0.3 is 20.7 Å². The summed E-state index contributed by atoms with van der Waals surface area (Å²) in [5, 5.41) is 11.5. The molecule has 0 aliphatic carbocycles. The van der Waals surface area contributed by atoms with Crippen molar-refractivity contribution in [2.45, 2.75) is 0 Å². The minimum Gasteiger partial charge on any atom is -0.409 e. The second kappa shape index (κ2) is 7.19. The highest BCUT2D eigenvalue weighted by molar-refractivity contribution is 5.94. The van der Waals surface area contributed by atoms with E-state index in [1.807, 2.05) is 0 Å². The van der Waals surface area contributed by atoms with Crippen molar-refractivity contribution >= 4 is 11.7 Å². The molecule has 2 heterocycles. The van der Waals surface area contributed by atoms with Crippen molar-refractivity contribution in [1.82, 2.24) is 19.8 Å². The first kappa shape index (κ1) is 15.5. The Balaban J connectivity index is 1.87. The molecule has 8 nitrogen and oxygen atoms in total. The third-order valence-electron chi connectivity index (χ3n) is 3.57. The Morgan fingerprint density at radius 3 is 2.52 bits per heavy atom. The molecule has 8 heteroatoms. The van der Waals surface area contributed by atoms with Gasteiger partial charge in [0.25, 0.3) is 0 Å². The Kier molecular flexibility index (Phi) is 5.29. The monoisotopic (exact) mass is 293 g/mol.